The van der Waals surface area contributed by atoms with Crippen LogP contribution in [0.5, 0.6) is 34.5 Å². The molecule has 23 nitrogen and oxygen atoms in total. The number of para-hydroxylation sites is 2. The van der Waals surface area contributed by atoms with Crippen LogP contribution in [0.2, 0.25) is 10.0 Å². The number of aryl methyl sites for hydroxylation is 3. The predicted octanol–water partition coefficient (Wildman–Crippen LogP) is 20.2. The van der Waals surface area contributed by atoms with Crippen LogP contribution in [0, 0.1) is 31.0 Å². The van der Waals surface area contributed by atoms with Crippen molar-refractivity contribution in [3.63, 3.8) is 0 Å². The molecule has 2 N–H and O–H groups in total. The minimum Gasteiger partial charge on any atom is -0.496 e. The maximum Gasteiger partial charge on any atom is 0.431 e. The van der Waals surface area contributed by atoms with Crippen LogP contribution < -0.4 is 28.4 Å². The number of amides is 4. The number of nitriles is 1. The third-order valence-electron chi connectivity index (χ3n) is 25.8. The Hall–Kier alpha value is -13.2. The molecular weight excluding hydrogens is 1680 g/mol. The summed E-state index contributed by atoms with van der Waals surface area (Å²) in [6.45, 7) is 15.3. The molecule has 0 radical (unpaired) electrons. The van der Waals surface area contributed by atoms with E-state index in [1.165, 1.54) is 22.8 Å². The van der Waals surface area contributed by atoms with Gasteiger partial charge in [-0.1, -0.05) is 41.4 Å². The first-order chi connectivity index (χ1) is 61.3. The van der Waals surface area contributed by atoms with Gasteiger partial charge in [0, 0.05) is 194 Å². The quantitative estimate of drug-likeness (QED) is 0.135. The molecule has 4 amide bonds. The summed E-state index contributed by atoms with van der Waals surface area (Å²) in [6, 6.07) is 55.1. The van der Waals surface area contributed by atoms with Crippen LogP contribution in [0.25, 0.3) is 39.4 Å². The first kappa shape index (κ1) is 85.6. The summed E-state index contributed by atoms with van der Waals surface area (Å²) in [5.74, 6) is 3.27. The monoisotopic (exact) mass is 1780 g/mol. The fourth-order valence-electron chi connectivity index (χ4n) is 19.2. The molecule has 21 rings (SSSR count). The molecule has 6 aromatic heterocycles. The molecular formula is C99H97Cl2F4N11O12. The normalized spacial score (nSPS) is 16.7. The molecule has 8 aliphatic heterocycles. The molecule has 7 aromatic carbocycles. The number of aromatic nitrogens is 6. The summed E-state index contributed by atoms with van der Waals surface area (Å²) in [4.78, 5) is 62.9. The SMILES string of the molecule is COc1cc(C(=O)N2CCC3(CC2)Oc2cc(Cl)ccc2-n2cccc23)ccc1C(C)(C)O.Cc1cc(C(=O)N2CCC3(CC2)Oc2cc(F)ccc2-n2cccc23)ccc1C#N.Cc1cc(C(=O)N2CCC3(CC2)Oc2ccc(Cl)cc2-c2c3cnn2C)ccc1OC(C)C.O=C(c1cc2occc2[nH]1)N1CCC2(CC1)Oc1ccccc1-n1c(C(F)(F)F)ccc12.[HH].[HH]. The van der Waals surface area contributed by atoms with Crippen molar-refractivity contribution in [1.82, 2.24) is 48.1 Å². The number of likely N-dealkylation sites (tertiary alicyclic amines) is 4. The van der Waals surface area contributed by atoms with Gasteiger partial charge < -0.3 is 76.2 Å². The second-order valence-electron chi connectivity index (χ2n) is 34.5. The number of nitrogens with zero attached hydrogens (tertiary/aromatic N) is 10. The number of carbonyl (C=O) groups is 4. The molecule has 8 aliphatic rings. The number of furan rings is 1. The van der Waals surface area contributed by atoms with Gasteiger partial charge in [-0.3, -0.25) is 23.9 Å². The van der Waals surface area contributed by atoms with Gasteiger partial charge >= 0.3 is 6.18 Å². The molecule has 0 saturated carbocycles. The van der Waals surface area contributed by atoms with E-state index >= 15 is 0 Å². The van der Waals surface area contributed by atoms with Crippen LogP contribution in [0.1, 0.15) is 174 Å². The summed E-state index contributed by atoms with van der Waals surface area (Å²) in [5, 5.41) is 25.3. The number of fused-ring (bicyclic) bond motifs is 17. The number of methoxy groups -OCH3 is 1. The maximum absolute atomic E-state index is 13.8. The van der Waals surface area contributed by atoms with E-state index in [4.69, 9.17) is 61.3 Å². The van der Waals surface area contributed by atoms with Crippen molar-refractivity contribution in [1.29, 1.82) is 5.26 Å². The Morgan fingerprint density at radius 2 is 1.09 bits per heavy atom. The largest absolute Gasteiger partial charge is 0.496 e. The van der Waals surface area contributed by atoms with E-state index in [-0.39, 0.29) is 38.4 Å². The number of benzene rings is 7. The van der Waals surface area contributed by atoms with E-state index in [9.17, 15) is 41.8 Å². The molecule has 0 unspecified atom stereocenters. The number of hydrogen-bond acceptors (Lipinski definition) is 14. The van der Waals surface area contributed by atoms with Gasteiger partial charge in [0.05, 0.1) is 88.3 Å². The van der Waals surface area contributed by atoms with Crippen molar-refractivity contribution < 1.29 is 77.5 Å². The minimum atomic E-state index is -4.49. The summed E-state index contributed by atoms with van der Waals surface area (Å²) in [7, 11) is 3.49. The molecule has 4 fully saturated rings. The van der Waals surface area contributed by atoms with Gasteiger partial charge in [-0.05, 0) is 192 Å². The van der Waals surface area contributed by atoms with Gasteiger partial charge in [-0.15, -0.1) is 0 Å². The average Bonchev–Trinajstić information content (AvgIpc) is 1.52. The number of aromatic amines is 1. The second kappa shape index (κ2) is 33.2. The smallest absolute Gasteiger partial charge is 0.431 e. The van der Waals surface area contributed by atoms with Crippen LogP contribution in [0.4, 0.5) is 17.6 Å². The topological polar surface area (TPSA) is 242 Å². The number of nitrogens with one attached hydrogen (secondary N) is 1. The van der Waals surface area contributed by atoms with Crippen LogP contribution in [0.15, 0.2) is 211 Å². The lowest BCUT2D eigenvalue weighted by Crippen LogP contribution is -2.50. The Kier molecular flexibility index (Phi) is 22.2. The van der Waals surface area contributed by atoms with Gasteiger partial charge in [0.1, 0.15) is 57.3 Å². The van der Waals surface area contributed by atoms with Crippen LogP contribution in [-0.2, 0) is 41.2 Å². The number of ether oxygens (including phenoxy) is 6. The van der Waals surface area contributed by atoms with Gasteiger partial charge in [0.25, 0.3) is 23.6 Å². The maximum atomic E-state index is 13.8. The highest BCUT2D eigenvalue weighted by molar-refractivity contribution is 6.31. The fraction of sp³-hybridized carbons (Fsp3) is 0.313. The lowest BCUT2D eigenvalue weighted by Gasteiger charge is -2.45. The van der Waals surface area contributed by atoms with E-state index in [1.807, 2.05) is 146 Å². The first-order valence-electron chi connectivity index (χ1n) is 42.7. The van der Waals surface area contributed by atoms with E-state index in [2.05, 4.69) is 31.4 Å². The van der Waals surface area contributed by atoms with E-state index in [0.29, 0.717) is 181 Å². The van der Waals surface area contributed by atoms with Gasteiger partial charge in [0.2, 0.25) is 0 Å². The minimum absolute atomic E-state index is 0. The number of H-pyrrole nitrogens is 1. The van der Waals surface area contributed by atoms with Crippen molar-refractivity contribution >= 4 is 57.9 Å². The highest BCUT2D eigenvalue weighted by Crippen LogP contribution is 2.54. The van der Waals surface area contributed by atoms with E-state index < -0.39 is 39.9 Å². The second-order valence-corrected chi connectivity index (χ2v) is 35.4. The number of carbonyl (C=O) groups excluding carboxylic acids is 4. The Bertz CT molecular complexity index is 6530. The Morgan fingerprint density at radius 1 is 0.562 bits per heavy atom. The Morgan fingerprint density at radius 3 is 1.67 bits per heavy atom. The molecule has 0 atom stereocenters. The molecule has 4 saturated heterocycles. The van der Waals surface area contributed by atoms with Gasteiger partial charge in [-0.25, -0.2) is 4.39 Å². The summed E-state index contributed by atoms with van der Waals surface area (Å²) in [5.41, 5.74) is 10.1. The molecule has 13 aromatic rings. The zero-order chi connectivity index (χ0) is 89.7. The lowest BCUT2D eigenvalue weighted by atomic mass is 9.81. The molecule has 128 heavy (non-hydrogen) atoms. The number of piperidine rings is 4. The molecule has 0 aliphatic carbocycles. The van der Waals surface area contributed by atoms with Crippen LogP contribution in [0.3, 0.4) is 0 Å². The molecule has 662 valence electrons. The van der Waals surface area contributed by atoms with Crippen molar-refractivity contribution in [2.45, 2.75) is 133 Å². The van der Waals surface area contributed by atoms with Crippen molar-refractivity contribution in [2.75, 3.05) is 59.5 Å². The number of aliphatic hydroxyl groups is 1. The standard InChI is InChI=1S/C26H28ClN3O3.C26H27ClN2O4.C24H20FN3O2.C23H18F3N3O3.2H2/c1-16(2)32-22-7-5-18(13-17(22)3)25(31)30-11-9-26(10-12-30)21-15-28-29(4)24(21)20-14-19(27)6-8-23(20)33-26;1-25(2,31)19-8-6-17(15-21(19)32-3)24(30)28-13-10-26(11-14-28)23-5-4-12-29(23)20-9-7-18(27)16-22(20)33-26;1-16-13-17(4-5-18(16)15-26)23(29)27-11-8-24(9-12-27)22-3-2-10-28(22)20-7-6-19(25)14-21(20)30-24;24-23(25,26)20-6-5-19-22(32-17-4-2-1-3-16(17)29(19)20)8-10-28(11-9-22)21(30)15-13-18-14(27-15)7-12-31-18;;/h5-8,13-16H,9-12H2,1-4H3;4-9,12,15-16,31H,10-11,13-14H2,1-3H3;2-7,10,13-14H,8-9,11-12H2,1H3;1-7,12-13,27H,8-11H2;2*1H. The third kappa shape index (κ3) is 15.7. The van der Waals surface area contributed by atoms with E-state index in [1.54, 1.807) is 111 Å². The number of rotatable bonds is 8. The summed E-state index contributed by atoms with van der Waals surface area (Å²) >= 11 is 12.5. The van der Waals surface area contributed by atoms with Crippen molar-refractivity contribution in [3.8, 4) is 68.9 Å². The van der Waals surface area contributed by atoms with Crippen molar-refractivity contribution in [3.05, 3.63) is 296 Å². The molecule has 0 bridgehead atoms. The molecule has 29 heteroatoms. The van der Waals surface area contributed by atoms with Gasteiger partial charge in [0.15, 0.2) is 22.4 Å². The lowest BCUT2D eigenvalue weighted by molar-refractivity contribution is -0.143. The highest BCUT2D eigenvalue weighted by Gasteiger charge is 2.52. The van der Waals surface area contributed by atoms with Crippen molar-refractivity contribution in [2.24, 2.45) is 7.05 Å². The number of halogens is 6. The Labute approximate surface area is 749 Å². The first-order valence-corrected chi connectivity index (χ1v) is 43.5. The Balaban J connectivity index is 0.000000126. The molecule has 4 spiro atoms. The van der Waals surface area contributed by atoms with Crippen LogP contribution in [-0.4, -0.2) is 142 Å². The summed E-state index contributed by atoms with van der Waals surface area (Å²) < 4.78 is 105. The summed E-state index contributed by atoms with van der Waals surface area (Å²) in [6.07, 6.45) is 7.80. The average molecular weight is 1780 g/mol. The third-order valence-corrected chi connectivity index (χ3v) is 26.2. The zero-order valence-corrected chi connectivity index (χ0v) is 73.2. The fourth-order valence-corrected chi connectivity index (χ4v) is 19.6. The predicted molar refractivity (Wildman–Crippen MR) is 477 cm³/mol. The number of alkyl halides is 3. The highest BCUT2D eigenvalue weighted by atomic mass is 35.5. The van der Waals surface area contributed by atoms with E-state index in [0.717, 1.165) is 79.5 Å². The van der Waals surface area contributed by atoms with Gasteiger partial charge in [-0.2, -0.15) is 23.5 Å². The zero-order valence-electron chi connectivity index (χ0n) is 71.7. The number of hydrogen-bond donors (Lipinski definition) is 2. The molecule has 14 heterocycles. The van der Waals surface area contributed by atoms with Crippen LogP contribution >= 0.6 is 23.2 Å².